The maximum absolute atomic E-state index is 11.7. The van der Waals surface area contributed by atoms with Gasteiger partial charge in [-0.2, -0.15) is 0 Å². The molecule has 0 bridgehead atoms. The van der Waals surface area contributed by atoms with Gasteiger partial charge in [0.05, 0.1) is 6.10 Å². The highest BCUT2D eigenvalue weighted by molar-refractivity contribution is 5.76. The monoisotopic (exact) mass is 307 g/mol. The summed E-state index contributed by atoms with van der Waals surface area (Å²) in [4.78, 5) is 13.8. The minimum atomic E-state index is 0.0889. The Kier molecular flexibility index (Phi) is 8.36. The van der Waals surface area contributed by atoms with Gasteiger partial charge in [0, 0.05) is 25.2 Å². The molecule has 0 aromatic heterocycles. The molecule has 0 radical (unpaired) electrons. The van der Waals surface area contributed by atoms with Gasteiger partial charge in [0.2, 0.25) is 5.91 Å². The molecule has 0 saturated carbocycles. The Labute approximate surface area is 134 Å². The number of benzene rings is 1. The van der Waals surface area contributed by atoms with Crippen molar-refractivity contribution in [2.45, 2.75) is 32.8 Å². The molecule has 1 rings (SSSR count). The zero-order valence-electron chi connectivity index (χ0n) is 14.2. The molecular weight excluding hydrogens is 278 g/mol. The van der Waals surface area contributed by atoms with Crippen LogP contribution in [0.25, 0.3) is 0 Å². The van der Waals surface area contributed by atoms with Crippen molar-refractivity contribution in [1.29, 1.82) is 0 Å². The van der Waals surface area contributed by atoms with Crippen molar-refractivity contribution in [2.75, 3.05) is 39.0 Å². The fourth-order valence-corrected chi connectivity index (χ4v) is 1.96. The van der Waals surface area contributed by atoms with Crippen molar-refractivity contribution in [3.63, 3.8) is 0 Å². The molecule has 0 unspecified atom stereocenters. The average molecular weight is 307 g/mol. The van der Waals surface area contributed by atoms with Gasteiger partial charge in [-0.05, 0) is 65.2 Å². The normalized spacial score (nSPS) is 10.8. The van der Waals surface area contributed by atoms with Gasteiger partial charge in [0.1, 0.15) is 5.75 Å². The zero-order chi connectivity index (χ0) is 16.4. The molecule has 22 heavy (non-hydrogen) atoms. The zero-order valence-corrected chi connectivity index (χ0v) is 14.2. The Bertz CT molecular complexity index is 430. The second-order valence-electron chi connectivity index (χ2n) is 5.87. The van der Waals surface area contributed by atoms with Gasteiger partial charge in [-0.1, -0.05) is 0 Å². The lowest BCUT2D eigenvalue weighted by molar-refractivity contribution is -0.120. The second-order valence-corrected chi connectivity index (χ2v) is 5.87. The number of amides is 1. The third-order valence-electron chi connectivity index (χ3n) is 3.01. The van der Waals surface area contributed by atoms with Crippen molar-refractivity contribution in [2.24, 2.45) is 0 Å². The van der Waals surface area contributed by atoms with E-state index >= 15 is 0 Å². The number of anilines is 1. The predicted octanol–water partition coefficient (Wildman–Crippen LogP) is 2.34. The Morgan fingerprint density at radius 3 is 2.45 bits per heavy atom. The summed E-state index contributed by atoms with van der Waals surface area (Å²) < 4.78 is 5.59. The highest BCUT2D eigenvalue weighted by atomic mass is 16.5. The number of carbonyl (C=O) groups excluding carboxylic acids is 1. The molecule has 0 heterocycles. The number of carbonyl (C=O) groups is 1. The summed E-state index contributed by atoms with van der Waals surface area (Å²) in [5, 5.41) is 6.17. The number of hydrogen-bond acceptors (Lipinski definition) is 4. The lowest BCUT2D eigenvalue weighted by Crippen LogP contribution is -2.28. The maximum Gasteiger partial charge on any atom is 0.221 e. The molecular formula is C17H29N3O2. The lowest BCUT2D eigenvalue weighted by Gasteiger charge is -2.11. The molecule has 0 spiro atoms. The number of nitrogens with zero attached hydrogens (tertiary/aromatic N) is 1. The third-order valence-corrected chi connectivity index (χ3v) is 3.01. The van der Waals surface area contributed by atoms with Crippen LogP contribution < -0.4 is 15.4 Å². The first kappa shape index (κ1) is 18.3. The van der Waals surface area contributed by atoms with E-state index in [1.54, 1.807) is 0 Å². The van der Waals surface area contributed by atoms with Crippen molar-refractivity contribution in [3.05, 3.63) is 24.3 Å². The molecule has 0 fully saturated rings. The lowest BCUT2D eigenvalue weighted by atomic mass is 10.3. The quantitative estimate of drug-likeness (QED) is 0.652. The van der Waals surface area contributed by atoms with E-state index in [1.807, 2.05) is 52.2 Å². The van der Waals surface area contributed by atoms with E-state index in [9.17, 15) is 4.79 Å². The van der Waals surface area contributed by atoms with Crippen LogP contribution in [0, 0.1) is 0 Å². The molecule has 0 aliphatic rings. The van der Waals surface area contributed by atoms with Gasteiger partial charge in [0.15, 0.2) is 0 Å². The van der Waals surface area contributed by atoms with E-state index < -0.39 is 0 Å². The van der Waals surface area contributed by atoms with Gasteiger partial charge in [-0.25, -0.2) is 0 Å². The first-order valence-corrected chi connectivity index (χ1v) is 7.89. The van der Waals surface area contributed by atoms with Crippen LogP contribution in [0.2, 0.25) is 0 Å². The molecule has 0 aliphatic heterocycles. The molecule has 2 N–H and O–H groups in total. The van der Waals surface area contributed by atoms with Crippen LogP contribution in [-0.4, -0.2) is 50.6 Å². The molecule has 0 atom stereocenters. The summed E-state index contributed by atoms with van der Waals surface area (Å²) in [6.07, 6.45) is 1.63. The van der Waals surface area contributed by atoms with E-state index in [2.05, 4.69) is 15.5 Å². The van der Waals surface area contributed by atoms with Crippen molar-refractivity contribution in [1.82, 2.24) is 10.2 Å². The molecule has 1 amide bonds. The van der Waals surface area contributed by atoms with E-state index in [-0.39, 0.29) is 12.0 Å². The smallest absolute Gasteiger partial charge is 0.221 e. The number of nitrogens with one attached hydrogen (secondary N) is 2. The number of hydrogen-bond donors (Lipinski definition) is 2. The molecule has 5 heteroatoms. The van der Waals surface area contributed by atoms with E-state index in [0.717, 1.165) is 30.9 Å². The van der Waals surface area contributed by atoms with Crippen LogP contribution in [0.15, 0.2) is 24.3 Å². The Hall–Kier alpha value is -1.75. The van der Waals surface area contributed by atoms with Crippen molar-refractivity contribution in [3.8, 4) is 5.75 Å². The third kappa shape index (κ3) is 8.52. The topological polar surface area (TPSA) is 53.6 Å². The summed E-state index contributed by atoms with van der Waals surface area (Å²) >= 11 is 0. The second kappa shape index (κ2) is 10.1. The SMILES string of the molecule is CC(C)Oc1ccc(NCCC(=O)NCCCN(C)C)cc1. The molecule has 1 aromatic rings. The highest BCUT2D eigenvalue weighted by Gasteiger charge is 2.01. The Balaban J connectivity index is 2.16. The van der Waals surface area contributed by atoms with Gasteiger partial charge >= 0.3 is 0 Å². The Morgan fingerprint density at radius 1 is 1.18 bits per heavy atom. The van der Waals surface area contributed by atoms with Crippen molar-refractivity contribution >= 4 is 11.6 Å². The van der Waals surface area contributed by atoms with Crippen LogP contribution in [0.1, 0.15) is 26.7 Å². The minimum Gasteiger partial charge on any atom is -0.491 e. The van der Waals surface area contributed by atoms with Crippen LogP contribution >= 0.6 is 0 Å². The summed E-state index contributed by atoms with van der Waals surface area (Å²) in [5.74, 6) is 0.949. The minimum absolute atomic E-state index is 0.0889. The van der Waals surface area contributed by atoms with Gasteiger partial charge in [-0.15, -0.1) is 0 Å². The van der Waals surface area contributed by atoms with E-state index in [0.29, 0.717) is 13.0 Å². The van der Waals surface area contributed by atoms with Crippen LogP contribution in [-0.2, 0) is 4.79 Å². The summed E-state index contributed by atoms with van der Waals surface area (Å²) in [5.41, 5.74) is 0.997. The summed E-state index contributed by atoms with van der Waals surface area (Å²) in [6, 6.07) is 7.80. The molecule has 5 nitrogen and oxygen atoms in total. The molecule has 1 aromatic carbocycles. The number of ether oxygens (including phenoxy) is 1. The summed E-state index contributed by atoms with van der Waals surface area (Å²) in [6.45, 7) is 6.36. The first-order valence-electron chi connectivity index (χ1n) is 7.89. The van der Waals surface area contributed by atoms with Gasteiger partial charge in [-0.3, -0.25) is 4.79 Å². The van der Waals surface area contributed by atoms with Crippen molar-refractivity contribution < 1.29 is 9.53 Å². The fourth-order valence-electron chi connectivity index (χ4n) is 1.96. The fraction of sp³-hybridized carbons (Fsp3) is 0.588. The van der Waals surface area contributed by atoms with Gasteiger partial charge in [0.25, 0.3) is 0 Å². The largest absolute Gasteiger partial charge is 0.491 e. The van der Waals surface area contributed by atoms with Crippen LogP contribution in [0.3, 0.4) is 0 Å². The Morgan fingerprint density at radius 2 is 1.86 bits per heavy atom. The average Bonchev–Trinajstić information content (AvgIpc) is 2.45. The van der Waals surface area contributed by atoms with Crippen LogP contribution in [0.4, 0.5) is 5.69 Å². The molecule has 0 saturated heterocycles. The molecule has 0 aliphatic carbocycles. The predicted molar refractivity (Wildman–Crippen MR) is 91.5 cm³/mol. The number of rotatable bonds is 10. The van der Waals surface area contributed by atoms with Gasteiger partial charge < -0.3 is 20.3 Å². The first-order chi connectivity index (χ1) is 10.5. The molecule has 124 valence electrons. The van der Waals surface area contributed by atoms with E-state index in [4.69, 9.17) is 4.74 Å². The highest BCUT2D eigenvalue weighted by Crippen LogP contribution is 2.16. The van der Waals surface area contributed by atoms with E-state index in [1.165, 1.54) is 0 Å². The summed E-state index contributed by atoms with van der Waals surface area (Å²) in [7, 11) is 4.06. The standard InChI is InChI=1S/C17H29N3O2/c1-14(2)22-16-8-6-15(7-9-16)18-12-10-17(21)19-11-5-13-20(3)4/h6-9,14,18H,5,10-13H2,1-4H3,(H,19,21). The maximum atomic E-state index is 11.7. The van der Waals surface area contributed by atoms with Crippen LogP contribution in [0.5, 0.6) is 5.75 Å².